The first-order valence-electron chi connectivity index (χ1n) is 5.16. The van der Waals surface area contributed by atoms with Gasteiger partial charge in [0.1, 0.15) is 6.10 Å². The number of hydrogen-bond donors (Lipinski definition) is 0. The van der Waals surface area contributed by atoms with Crippen LogP contribution in [0.5, 0.6) is 0 Å². The molecule has 0 aliphatic heterocycles. The fourth-order valence-electron chi connectivity index (χ4n) is 1.32. The molecule has 0 radical (unpaired) electrons. The Labute approximate surface area is 90.0 Å². The van der Waals surface area contributed by atoms with E-state index in [1.165, 1.54) is 0 Å². The van der Waals surface area contributed by atoms with Gasteiger partial charge in [-0.3, -0.25) is 0 Å². The van der Waals surface area contributed by atoms with E-state index in [1.54, 1.807) is 6.92 Å². The molecule has 0 fully saturated rings. The highest BCUT2D eigenvalue weighted by molar-refractivity contribution is 5.60. The van der Waals surface area contributed by atoms with Gasteiger partial charge in [-0.2, -0.15) is 0 Å². The van der Waals surface area contributed by atoms with Crippen LogP contribution in [0.2, 0.25) is 0 Å². The van der Waals surface area contributed by atoms with Crippen LogP contribution in [0.15, 0.2) is 30.3 Å². The van der Waals surface area contributed by atoms with E-state index in [0.29, 0.717) is 6.61 Å². The van der Waals surface area contributed by atoms with Gasteiger partial charge in [0.25, 0.3) is 0 Å². The van der Waals surface area contributed by atoms with Gasteiger partial charge in [0.15, 0.2) is 0 Å². The largest absolute Gasteiger partial charge is 0.508 e. The van der Waals surface area contributed by atoms with E-state index in [2.05, 4.69) is 0 Å². The van der Waals surface area contributed by atoms with Crippen molar-refractivity contribution in [1.29, 1.82) is 0 Å². The minimum absolute atomic E-state index is 0.217. The van der Waals surface area contributed by atoms with Crippen LogP contribution in [0.1, 0.15) is 31.9 Å². The summed E-state index contributed by atoms with van der Waals surface area (Å²) >= 11 is 0. The van der Waals surface area contributed by atoms with Crippen LogP contribution in [0, 0.1) is 0 Å². The van der Waals surface area contributed by atoms with Gasteiger partial charge in [0.05, 0.1) is 6.61 Å². The average Bonchev–Trinajstić information content (AvgIpc) is 2.27. The van der Waals surface area contributed by atoms with Crippen LogP contribution >= 0.6 is 0 Å². The van der Waals surface area contributed by atoms with E-state index >= 15 is 0 Å². The minimum Gasteiger partial charge on any atom is -0.435 e. The van der Waals surface area contributed by atoms with Crippen molar-refractivity contribution in [2.24, 2.45) is 0 Å². The summed E-state index contributed by atoms with van der Waals surface area (Å²) in [4.78, 5) is 11.1. The summed E-state index contributed by atoms with van der Waals surface area (Å²) in [6.45, 7) is 4.06. The second-order valence-electron chi connectivity index (χ2n) is 3.11. The maximum Gasteiger partial charge on any atom is 0.508 e. The van der Waals surface area contributed by atoms with Gasteiger partial charge in [0, 0.05) is 0 Å². The maximum atomic E-state index is 11.1. The molecule has 0 aromatic heterocycles. The highest BCUT2D eigenvalue weighted by atomic mass is 16.7. The van der Waals surface area contributed by atoms with Crippen LogP contribution in [0.4, 0.5) is 4.79 Å². The molecule has 3 nitrogen and oxygen atoms in total. The molecule has 0 spiro atoms. The molecule has 0 aliphatic carbocycles. The maximum absolute atomic E-state index is 11.1. The van der Waals surface area contributed by atoms with Crippen LogP contribution < -0.4 is 0 Å². The molecule has 1 unspecified atom stereocenters. The van der Waals surface area contributed by atoms with Crippen molar-refractivity contribution in [3.8, 4) is 0 Å². The van der Waals surface area contributed by atoms with Gasteiger partial charge in [0.2, 0.25) is 0 Å². The quantitative estimate of drug-likeness (QED) is 0.712. The Hall–Kier alpha value is -1.51. The number of ether oxygens (including phenoxy) is 2. The topological polar surface area (TPSA) is 35.5 Å². The van der Waals surface area contributed by atoms with Gasteiger partial charge >= 0.3 is 6.16 Å². The smallest absolute Gasteiger partial charge is 0.435 e. The molecular weight excluding hydrogens is 192 g/mol. The third-order valence-electron chi connectivity index (χ3n) is 2.04. The van der Waals surface area contributed by atoms with E-state index in [9.17, 15) is 4.79 Å². The van der Waals surface area contributed by atoms with Gasteiger partial charge in [-0.15, -0.1) is 0 Å². The summed E-state index contributed by atoms with van der Waals surface area (Å²) in [6, 6.07) is 9.65. The molecule has 0 N–H and O–H groups in total. The highest BCUT2D eigenvalue weighted by Gasteiger charge is 2.14. The number of benzene rings is 1. The molecule has 1 atom stereocenters. The fourth-order valence-corrected chi connectivity index (χ4v) is 1.32. The van der Waals surface area contributed by atoms with Crippen molar-refractivity contribution in [2.75, 3.05) is 6.61 Å². The third-order valence-corrected chi connectivity index (χ3v) is 2.04. The zero-order valence-electron chi connectivity index (χ0n) is 9.10. The SMILES string of the molecule is CCOC(=O)OC(CC)c1ccccc1. The van der Waals surface area contributed by atoms with E-state index in [4.69, 9.17) is 9.47 Å². The molecule has 0 saturated carbocycles. The number of rotatable bonds is 4. The first-order chi connectivity index (χ1) is 7.27. The van der Waals surface area contributed by atoms with E-state index < -0.39 is 6.16 Å². The lowest BCUT2D eigenvalue weighted by molar-refractivity contribution is 0.0243. The number of carbonyl (C=O) groups is 1. The number of hydrogen-bond acceptors (Lipinski definition) is 3. The third kappa shape index (κ3) is 3.62. The second-order valence-corrected chi connectivity index (χ2v) is 3.11. The standard InChI is InChI=1S/C12H16O3/c1-3-11(15-12(13)14-4-2)10-8-6-5-7-9-10/h5-9,11H,3-4H2,1-2H3. The highest BCUT2D eigenvalue weighted by Crippen LogP contribution is 2.20. The Kier molecular flexibility index (Phi) is 4.68. The Balaban J connectivity index is 2.61. The monoisotopic (exact) mass is 208 g/mol. The summed E-state index contributed by atoms with van der Waals surface area (Å²) in [5, 5.41) is 0. The molecule has 3 heteroatoms. The molecule has 15 heavy (non-hydrogen) atoms. The average molecular weight is 208 g/mol. The lowest BCUT2D eigenvalue weighted by Crippen LogP contribution is -2.12. The summed E-state index contributed by atoms with van der Waals surface area (Å²) < 4.78 is 9.90. The summed E-state index contributed by atoms with van der Waals surface area (Å²) in [7, 11) is 0. The van der Waals surface area contributed by atoms with Gasteiger partial charge < -0.3 is 9.47 Å². The Morgan fingerprint density at radius 3 is 2.47 bits per heavy atom. The van der Waals surface area contributed by atoms with Gasteiger partial charge in [-0.05, 0) is 18.9 Å². The molecule has 0 amide bonds. The lowest BCUT2D eigenvalue weighted by atomic mass is 10.1. The van der Waals surface area contributed by atoms with Crippen LogP contribution in [0.25, 0.3) is 0 Å². The molecule has 1 rings (SSSR count). The Morgan fingerprint density at radius 1 is 1.27 bits per heavy atom. The Morgan fingerprint density at radius 2 is 1.93 bits per heavy atom. The summed E-state index contributed by atoms with van der Waals surface area (Å²) in [5.41, 5.74) is 0.994. The fraction of sp³-hybridized carbons (Fsp3) is 0.417. The Bertz CT molecular complexity index is 295. The molecule has 1 aromatic carbocycles. The van der Waals surface area contributed by atoms with Crippen molar-refractivity contribution >= 4 is 6.16 Å². The molecular formula is C12H16O3. The molecule has 82 valence electrons. The molecule has 0 aliphatic rings. The van der Waals surface area contributed by atoms with Crippen LogP contribution in [-0.2, 0) is 9.47 Å². The zero-order valence-corrected chi connectivity index (χ0v) is 9.10. The van der Waals surface area contributed by atoms with E-state index in [-0.39, 0.29) is 6.10 Å². The van der Waals surface area contributed by atoms with Crippen molar-refractivity contribution in [3.63, 3.8) is 0 Å². The molecule has 0 heterocycles. The van der Waals surface area contributed by atoms with Crippen molar-refractivity contribution in [2.45, 2.75) is 26.4 Å². The first kappa shape index (κ1) is 11.6. The zero-order chi connectivity index (χ0) is 11.1. The second kappa shape index (κ2) is 6.06. The normalized spacial score (nSPS) is 11.9. The van der Waals surface area contributed by atoms with Crippen molar-refractivity contribution in [3.05, 3.63) is 35.9 Å². The number of carbonyl (C=O) groups excluding carboxylic acids is 1. The van der Waals surface area contributed by atoms with Crippen LogP contribution in [-0.4, -0.2) is 12.8 Å². The lowest BCUT2D eigenvalue weighted by Gasteiger charge is -2.15. The van der Waals surface area contributed by atoms with Crippen LogP contribution in [0.3, 0.4) is 0 Å². The first-order valence-corrected chi connectivity index (χ1v) is 5.16. The molecule has 1 aromatic rings. The predicted molar refractivity (Wildman–Crippen MR) is 57.6 cm³/mol. The summed E-state index contributed by atoms with van der Waals surface area (Å²) in [5.74, 6) is 0. The predicted octanol–water partition coefficient (Wildman–Crippen LogP) is 3.31. The van der Waals surface area contributed by atoms with Crippen molar-refractivity contribution < 1.29 is 14.3 Å². The van der Waals surface area contributed by atoms with Crippen molar-refractivity contribution in [1.82, 2.24) is 0 Å². The molecule has 0 bridgehead atoms. The van der Waals surface area contributed by atoms with Gasteiger partial charge in [-0.25, -0.2) is 4.79 Å². The van der Waals surface area contributed by atoms with E-state index in [0.717, 1.165) is 12.0 Å². The minimum atomic E-state index is -0.604. The molecule has 0 saturated heterocycles. The summed E-state index contributed by atoms with van der Waals surface area (Å²) in [6.07, 6.45) is -0.0820. The van der Waals surface area contributed by atoms with E-state index in [1.807, 2.05) is 37.3 Å². The van der Waals surface area contributed by atoms with Gasteiger partial charge in [-0.1, -0.05) is 37.3 Å².